The summed E-state index contributed by atoms with van der Waals surface area (Å²) in [4.78, 5) is 0. The number of hydrogen-bond acceptors (Lipinski definition) is 2. The van der Waals surface area contributed by atoms with Crippen molar-refractivity contribution in [2.24, 2.45) is 0 Å². The first-order chi connectivity index (χ1) is 7.35. The van der Waals surface area contributed by atoms with Crippen LogP contribution >= 0.6 is 0 Å². The van der Waals surface area contributed by atoms with Gasteiger partial charge in [0.1, 0.15) is 16.1 Å². The molecular weight excluding hydrogens is 258 g/mol. The summed E-state index contributed by atoms with van der Waals surface area (Å²) in [6, 6.07) is 0. The highest BCUT2D eigenvalue weighted by Crippen LogP contribution is 2.09. The van der Waals surface area contributed by atoms with Gasteiger partial charge in [-0.25, -0.2) is 0 Å². The van der Waals surface area contributed by atoms with Gasteiger partial charge in [-0.3, -0.25) is 4.35 Å². The highest BCUT2D eigenvalue weighted by atomic mass is 28.3. The number of rotatable bonds is 3. The molecule has 0 aliphatic rings. The zero-order chi connectivity index (χ0) is 13.6. The van der Waals surface area contributed by atoms with Crippen LogP contribution in [0.1, 0.15) is 0 Å². The van der Waals surface area contributed by atoms with Gasteiger partial charge in [0.2, 0.25) is 0 Å². The zero-order valence-electron chi connectivity index (χ0n) is 12.8. The second-order valence-corrected chi connectivity index (χ2v) is 22.6. The van der Waals surface area contributed by atoms with Gasteiger partial charge in [-0.1, -0.05) is 44.5 Å². The highest BCUT2D eigenvalue weighted by Gasteiger charge is 2.36. The number of hydrogen-bond donors (Lipinski definition) is 0. The molecule has 0 aliphatic heterocycles. The van der Waals surface area contributed by atoms with Crippen LogP contribution in [0.4, 0.5) is 0 Å². The van der Waals surface area contributed by atoms with E-state index in [4.69, 9.17) is 0 Å². The average molecular weight is 286 g/mol. The predicted octanol–water partition coefficient (Wildman–Crippen LogP) is 2.05. The topological polar surface area (TPSA) is 30.7 Å². The smallest absolute Gasteiger partial charge is 0.178 e. The van der Waals surface area contributed by atoms with Crippen LogP contribution in [0.2, 0.25) is 58.9 Å². The maximum Gasteiger partial charge on any atom is 0.178 e. The third-order valence-corrected chi connectivity index (χ3v) is 8.41. The lowest BCUT2D eigenvalue weighted by molar-refractivity contribution is 0.854. The molecule has 0 saturated carbocycles. The molecule has 1 aromatic rings. The Morgan fingerprint density at radius 2 is 1.24 bits per heavy atom. The minimum Gasteiger partial charge on any atom is -0.284 e. The van der Waals surface area contributed by atoms with E-state index in [1.54, 1.807) is 0 Å². The normalized spacial score (nSPS) is 14.2. The molecule has 0 amide bonds. The highest BCUT2D eigenvalue weighted by molar-refractivity contribution is 6.98. The van der Waals surface area contributed by atoms with Gasteiger partial charge in [0.05, 0.1) is 5.32 Å². The van der Waals surface area contributed by atoms with E-state index in [0.29, 0.717) is 0 Å². The minimum absolute atomic E-state index is 1.35. The van der Waals surface area contributed by atoms with E-state index in [1.165, 1.54) is 10.6 Å². The summed E-state index contributed by atoms with van der Waals surface area (Å²) in [7, 11) is -4.21. The predicted molar refractivity (Wildman–Crippen MR) is 84.7 cm³/mol. The summed E-state index contributed by atoms with van der Waals surface area (Å²) in [5.74, 6) is 0. The molecule has 0 aromatic carbocycles. The van der Waals surface area contributed by atoms with Gasteiger partial charge in [-0.05, 0) is 19.6 Å². The first-order valence-corrected chi connectivity index (χ1v) is 16.8. The van der Waals surface area contributed by atoms with Crippen molar-refractivity contribution in [3.8, 4) is 0 Å². The van der Waals surface area contributed by atoms with Gasteiger partial charge >= 0.3 is 0 Å². The minimum atomic E-state index is -1.45. The van der Waals surface area contributed by atoms with Crippen LogP contribution in [0.3, 0.4) is 0 Å². The third-order valence-electron chi connectivity index (χ3n) is 2.73. The molecule has 0 bridgehead atoms. The molecule has 0 atom stereocenters. The molecule has 98 valence electrons. The maximum atomic E-state index is 4.56. The van der Waals surface area contributed by atoms with E-state index >= 15 is 0 Å². The van der Waals surface area contributed by atoms with Crippen molar-refractivity contribution in [3.63, 3.8) is 0 Å². The summed E-state index contributed by atoms with van der Waals surface area (Å²) in [5, 5.41) is 11.9. The second kappa shape index (κ2) is 4.17. The van der Waals surface area contributed by atoms with E-state index in [9.17, 15) is 0 Å². The van der Waals surface area contributed by atoms with E-state index in [1.807, 2.05) is 0 Å². The second-order valence-electron chi connectivity index (χ2n) is 7.87. The Morgan fingerprint density at radius 1 is 0.765 bits per heavy atom. The Morgan fingerprint density at radius 3 is 1.53 bits per heavy atom. The summed E-state index contributed by atoms with van der Waals surface area (Å²) in [6.07, 6.45) is 0. The molecule has 0 radical (unpaired) electrons. The lowest BCUT2D eigenvalue weighted by Gasteiger charge is -2.28. The fourth-order valence-electron chi connectivity index (χ4n) is 1.93. The lowest BCUT2D eigenvalue weighted by Crippen LogP contribution is -2.61. The van der Waals surface area contributed by atoms with Crippen molar-refractivity contribution in [1.29, 1.82) is 0 Å². The van der Waals surface area contributed by atoms with Crippen molar-refractivity contribution in [2.75, 3.05) is 0 Å². The van der Waals surface area contributed by atoms with E-state index < -0.39 is 24.4 Å². The van der Waals surface area contributed by atoms with Crippen LogP contribution in [0, 0.1) is 0 Å². The van der Waals surface area contributed by atoms with Crippen molar-refractivity contribution in [2.45, 2.75) is 58.9 Å². The summed E-state index contributed by atoms with van der Waals surface area (Å²) >= 11 is 0. The maximum absolute atomic E-state index is 4.56. The van der Waals surface area contributed by atoms with Crippen LogP contribution < -0.4 is 10.6 Å². The van der Waals surface area contributed by atoms with Crippen LogP contribution in [0.5, 0.6) is 0 Å². The fraction of sp³-hybridized carbons (Fsp3) is 0.818. The fourth-order valence-corrected chi connectivity index (χ4v) is 10.00. The van der Waals surface area contributed by atoms with Crippen molar-refractivity contribution < 1.29 is 0 Å². The van der Waals surface area contributed by atoms with Gasteiger partial charge in [0, 0.05) is 5.32 Å². The molecule has 0 saturated heterocycles. The van der Waals surface area contributed by atoms with Gasteiger partial charge in [-0.2, -0.15) is 0 Å². The molecule has 0 spiro atoms. The van der Waals surface area contributed by atoms with E-state index in [2.05, 4.69) is 73.6 Å². The number of nitrogens with zero attached hydrogens (tertiary/aromatic N) is 3. The van der Waals surface area contributed by atoms with Gasteiger partial charge in [0.15, 0.2) is 8.24 Å². The molecule has 3 nitrogen and oxygen atoms in total. The van der Waals surface area contributed by atoms with Crippen LogP contribution in [-0.2, 0) is 0 Å². The standard InChI is InChI=1S/C11H27N3Si3/c1-15(2,3)10-11(16(4,5)6)14(13-12-10)17(7,8)9/h1-9H3. The van der Waals surface area contributed by atoms with Gasteiger partial charge in [0.25, 0.3) is 0 Å². The molecular formula is C11H27N3Si3. The van der Waals surface area contributed by atoms with Crippen LogP contribution in [0.25, 0.3) is 0 Å². The zero-order valence-corrected chi connectivity index (χ0v) is 15.8. The van der Waals surface area contributed by atoms with Gasteiger partial charge < -0.3 is 0 Å². The Bertz CT molecular complexity index is 374. The Labute approximate surface area is 109 Å². The van der Waals surface area contributed by atoms with Crippen molar-refractivity contribution in [3.05, 3.63) is 0 Å². The van der Waals surface area contributed by atoms with E-state index in [-0.39, 0.29) is 0 Å². The monoisotopic (exact) mass is 285 g/mol. The molecule has 0 unspecified atom stereocenters. The van der Waals surface area contributed by atoms with Crippen molar-refractivity contribution in [1.82, 2.24) is 14.7 Å². The van der Waals surface area contributed by atoms with Gasteiger partial charge in [-0.15, -0.1) is 5.10 Å². The molecule has 6 heteroatoms. The Balaban J connectivity index is 3.53. The third kappa shape index (κ3) is 3.17. The molecule has 1 rings (SSSR count). The quantitative estimate of drug-likeness (QED) is 0.796. The molecule has 0 aliphatic carbocycles. The summed E-state index contributed by atoms with van der Waals surface area (Å²) in [5.41, 5.74) is 0. The van der Waals surface area contributed by atoms with Crippen LogP contribution in [-0.4, -0.2) is 39.0 Å². The Hall–Kier alpha value is -0.209. The first-order valence-electron chi connectivity index (χ1n) is 6.32. The SMILES string of the molecule is C[Si](C)(C)c1nnn([Si](C)(C)C)c1[Si](C)(C)C. The summed E-state index contributed by atoms with van der Waals surface area (Å²) < 4.78 is 2.31. The first kappa shape index (κ1) is 14.9. The lowest BCUT2D eigenvalue weighted by atomic mass is 10.9. The molecule has 1 heterocycles. The van der Waals surface area contributed by atoms with Crippen molar-refractivity contribution >= 4 is 35.0 Å². The number of aromatic nitrogens is 3. The van der Waals surface area contributed by atoms with Crippen LogP contribution in [0.15, 0.2) is 0 Å². The molecule has 0 N–H and O–H groups in total. The average Bonchev–Trinajstić information content (AvgIpc) is 2.42. The Kier molecular flexibility index (Phi) is 3.64. The van der Waals surface area contributed by atoms with E-state index in [0.717, 1.165) is 0 Å². The molecule has 17 heavy (non-hydrogen) atoms. The molecule has 0 fully saturated rings. The molecule has 1 aromatic heterocycles. The summed E-state index contributed by atoms with van der Waals surface area (Å²) in [6.45, 7) is 21.4. The largest absolute Gasteiger partial charge is 0.284 e.